The van der Waals surface area contributed by atoms with E-state index in [-0.39, 0.29) is 5.69 Å². The minimum absolute atomic E-state index is 0.185. The first-order valence-corrected chi connectivity index (χ1v) is 6.39. The lowest BCUT2D eigenvalue weighted by Crippen LogP contribution is -2.15. The van der Waals surface area contributed by atoms with E-state index >= 15 is 0 Å². The fourth-order valence-electron chi connectivity index (χ4n) is 2.53. The van der Waals surface area contributed by atoms with E-state index in [1.54, 1.807) is 17.3 Å². The van der Waals surface area contributed by atoms with Crippen LogP contribution in [0.3, 0.4) is 0 Å². The highest BCUT2D eigenvalue weighted by Crippen LogP contribution is 2.31. The maximum Gasteiger partial charge on any atom is 0.352 e. The van der Waals surface area contributed by atoms with Gasteiger partial charge in [-0.25, -0.2) is 15.3 Å². The normalized spacial score (nSPS) is 16.5. The Morgan fingerprint density at radius 2 is 2.24 bits per heavy atom. The van der Waals surface area contributed by atoms with Crippen LogP contribution in [0.1, 0.15) is 16.1 Å². The van der Waals surface area contributed by atoms with E-state index in [2.05, 4.69) is 10.5 Å². The zero-order valence-electron chi connectivity index (χ0n) is 10.8. The molecule has 3 heterocycles. The average molecular weight is 281 g/mol. The van der Waals surface area contributed by atoms with Crippen molar-refractivity contribution in [2.24, 2.45) is 0 Å². The second kappa shape index (κ2) is 4.26. The Bertz CT molecular complexity index is 845. The van der Waals surface area contributed by atoms with E-state index in [0.717, 1.165) is 27.7 Å². The van der Waals surface area contributed by atoms with Gasteiger partial charge in [0.25, 0.3) is 0 Å². The van der Waals surface area contributed by atoms with Crippen LogP contribution in [0.2, 0.25) is 0 Å². The van der Waals surface area contributed by atoms with Gasteiger partial charge in [-0.05, 0) is 35.4 Å². The molecule has 0 atom stereocenters. The van der Waals surface area contributed by atoms with Gasteiger partial charge in [-0.1, -0.05) is 12.1 Å². The Balaban J connectivity index is 1.87. The van der Waals surface area contributed by atoms with Crippen molar-refractivity contribution in [1.82, 2.24) is 15.5 Å². The number of rotatable bonds is 2. The number of nitrogens with one attached hydrogen (secondary N) is 2. The molecule has 0 unspecified atom stereocenters. The first-order valence-electron chi connectivity index (χ1n) is 6.39. The van der Waals surface area contributed by atoms with Crippen LogP contribution in [0, 0.1) is 0 Å². The van der Waals surface area contributed by atoms with Crippen LogP contribution in [0.25, 0.3) is 16.5 Å². The summed E-state index contributed by atoms with van der Waals surface area (Å²) in [5, 5.41) is 11.6. The monoisotopic (exact) mass is 281 g/mol. The van der Waals surface area contributed by atoms with Crippen LogP contribution in [-0.4, -0.2) is 21.1 Å². The number of aromatic amines is 1. The van der Waals surface area contributed by atoms with Gasteiger partial charge < -0.3 is 10.1 Å². The highest BCUT2D eigenvalue weighted by Gasteiger charge is 2.18. The lowest BCUT2D eigenvalue weighted by molar-refractivity contribution is -0.112. The molecule has 1 aromatic heterocycles. The fourth-order valence-corrected chi connectivity index (χ4v) is 2.53. The van der Waals surface area contributed by atoms with Crippen LogP contribution in [0.5, 0.6) is 0 Å². The number of carbonyl (C=O) groups is 1. The predicted octanol–water partition coefficient (Wildman–Crippen LogP) is 2.37. The van der Waals surface area contributed by atoms with E-state index in [1.165, 1.54) is 0 Å². The van der Waals surface area contributed by atoms with Crippen molar-refractivity contribution in [2.75, 3.05) is 0 Å². The number of benzene rings is 1. The average Bonchev–Trinajstić information content (AvgIpc) is 3.12. The van der Waals surface area contributed by atoms with Crippen molar-refractivity contribution in [2.45, 2.75) is 0 Å². The Morgan fingerprint density at radius 1 is 1.33 bits per heavy atom. The maximum atomic E-state index is 11.1. The third kappa shape index (κ3) is 1.81. The topological polar surface area (TPSA) is 77.6 Å². The summed E-state index contributed by atoms with van der Waals surface area (Å²) in [6, 6.07) is 7.39. The number of allylic oxidation sites excluding steroid dienone is 3. The number of hydrogen-bond acceptors (Lipinski definition) is 4. The van der Waals surface area contributed by atoms with Gasteiger partial charge in [0.15, 0.2) is 0 Å². The molecule has 6 heteroatoms. The first kappa shape index (κ1) is 11.8. The minimum Gasteiger partial charge on any atom is -0.477 e. The number of aromatic nitrogens is 1. The number of nitrogens with zero attached hydrogens (tertiary/aromatic N) is 1. The summed E-state index contributed by atoms with van der Waals surface area (Å²) in [5.41, 5.74) is 6.52. The van der Waals surface area contributed by atoms with Gasteiger partial charge in [-0.2, -0.15) is 4.94 Å². The van der Waals surface area contributed by atoms with Crippen molar-refractivity contribution >= 4 is 22.4 Å². The number of aromatic carboxylic acids is 1. The summed E-state index contributed by atoms with van der Waals surface area (Å²) < 4.78 is 0. The number of H-pyrrole nitrogens is 1. The molecule has 0 saturated carbocycles. The summed E-state index contributed by atoms with van der Waals surface area (Å²) in [7, 11) is 0. The molecule has 2 aliphatic rings. The Labute approximate surface area is 119 Å². The number of fused-ring (bicyclic) bond motifs is 2. The van der Waals surface area contributed by atoms with Crippen molar-refractivity contribution in [3.8, 4) is 0 Å². The molecule has 0 amide bonds. The highest BCUT2D eigenvalue weighted by atomic mass is 16.8. The molecule has 3 N–H and O–H groups in total. The molecule has 2 aromatic rings. The molecule has 0 fully saturated rings. The number of carboxylic acid groups (broad SMARTS) is 1. The van der Waals surface area contributed by atoms with Gasteiger partial charge in [-0.3, -0.25) is 0 Å². The molecule has 0 spiro atoms. The molecule has 0 radical (unpaired) electrons. The molecule has 6 nitrogen and oxygen atoms in total. The molecular formula is C15H11N3O3. The lowest BCUT2D eigenvalue weighted by Gasteiger charge is -2.17. The Hall–Kier alpha value is -2.99. The standard InChI is InChI=1S/C15H11N3O3/c19-15(20)14-7-12-11(2-1-3-13(12)17-14)9-4-5-18-10(6-9)8-16-21-18/h1-8,16-17H,(H,19,20). The van der Waals surface area contributed by atoms with Gasteiger partial charge in [0.05, 0.1) is 11.9 Å². The quantitative estimate of drug-likeness (QED) is 0.787. The van der Waals surface area contributed by atoms with Crippen LogP contribution < -0.4 is 5.48 Å². The second-order valence-corrected chi connectivity index (χ2v) is 4.77. The van der Waals surface area contributed by atoms with Gasteiger partial charge >= 0.3 is 5.97 Å². The molecule has 4 rings (SSSR count). The molecule has 2 aliphatic heterocycles. The Morgan fingerprint density at radius 3 is 3.10 bits per heavy atom. The Kier molecular flexibility index (Phi) is 2.39. The van der Waals surface area contributed by atoms with Crippen LogP contribution in [0.15, 0.2) is 54.5 Å². The van der Waals surface area contributed by atoms with Crippen molar-refractivity contribution < 1.29 is 14.8 Å². The smallest absolute Gasteiger partial charge is 0.352 e. The van der Waals surface area contributed by atoms with Gasteiger partial charge in [-0.15, -0.1) is 0 Å². The number of carboxylic acids is 1. The SMILES string of the molecule is O=C(O)c1cc2c(C3=CC4=CNON4C=C3)cccc2[nH]1. The maximum absolute atomic E-state index is 11.1. The van der Waals surface area contributed by atoms with E-state index in [4.69, 9.17) is 10.0 Å². The van der Waals surface area contributed by atoms with Gasteiger partial charge in [0.2, 0.25) is 0 Å². The first-order chi connectivity index (χ1) is 10.2. The predicted molar refractivity (Wildman–Crippen MR) is 76.5 cm³/mol. The van der Waals surface area contributed by atoms with Crippen molar-refractivity contribution in [1.29, 1.82) is 0 Å². The third-order valence-corrected chi connectivity index (χ3v) is 3.51. The molecule has 1 aromatic carbocycles. The summed E-state index contributed by atoms with van der Waals surface area (Å²) in [6.07, 6.45) is 7.46. The summed E-state index contributed by atoms with van der Waals surface area (Å²) in [6.45, 7) is 0. The molecule has 0 bridgehead atoms. The third-order valence-electron chi connectivity index (χ3n) is 3.51. The molecule has 21 heavy (non-hydrogen) atoms. The van der Waals surface area contributed by atoms with Gasteiger partial charge in [0, 0.05) is 17.1 Å². The zero-order valence-corrected chi connectivity index (χ0v) is 10.8. The number of hydroxylamine groups is 3. The number of hydrogen-bond donors (Lipinski definition) is 3. The van der Waals surface area contributed by atoms with E-state index in [1.807, 2.05) is 36.6 Å². The van der Waals surface area contributed by atoms with Crippen molar-refractivity contribution in [3.63, 3.8) is 0 Å². The molecule has 0 saturated heterocycles. The van der Waals surface area contributed by atoms with Crippen LogP contribution in [-0.2, 0) is 4.94 Å². The summed E-state index contributed by atoms with van der Waals surface area (Å²) in [4.78, 5) is 19.2. The fraction of sp³-hybridized carbons (Fsp3) is 0. The van der Waals surface area contributed by atoms with Gasteiger partial charge in [0.1, 0.15) is 5.69 Å². The van der Waals surface area contributed by atoms with E-state index in [0.29, 0.717) is 0 Å². The largest absolute Gasteiger partial charge is 0.477 e. The zero-order chi connectivity index (χ0) is 14.4. The van der Waals surface area contributed by atoms with Crippen molar-refractivity contribution in [3.05, 3.63) is 65.8 Å². The lowest BCUT2D eigenvalue weighted by atomic mass is 9.99. The molecular weight excluding hydrogens is 270 g/mol. The highest BCUT2D eigenvalue weighted by molar-refractivity contribution is 6.00. The summed E-state index contributed by atoms with van der Waals surface area (Å²) >= 11 is 0. The second-order valence-electron chi connectivity index (χ2n) is 4.77. The van der Waals surface area contributed by atoms with Crippen LogP contribution in [0.4, 0.5) is 0 Å². The van der Waals surface area contributed by atoms with Crippen LogP contribution >= 0.6 is 0 Å². The van der Waals surface area contributed by atoms with E-state index in [9.17, 15) is 4.79 Å². The minimum atomic E-state index is -0.965. The molecule has 0 aliphatic carbocycles. The molecule has 104 valence electrons. The van der Waals surface area contributed by atoms with E-state index < -0.39 is 5.97 Å². The summed E-state index contributed by atoms with van der Waals surface area (Å²) in [5.74, 6) is -0.965.